The van der Waals surface area contributed by atoms with Crippen LogP contribution in [0.5, 0.6) is 0 Å². The summed E-state index contributed by atoms with van der Waals surface area (Å²) in [6, 6.07) is 31.2. The molecule has 1 fully saturated rings. The lowest BCUT2D eigenvalue weighted by molar-refractivity contribution is -0.140. The molecule has 1 aromatic heterocycles. The minimum atomic E-state index is -0.750. The zero-order valence-electron chi connectivity index (χ0n) is 21.7. The number of aliphatic carboxylic acids is 1. The number of amides is 1. The number of carboxylic acid groups (broad SMARTS) is 1. The molecule has 0 aliphatic heterocycles. The second-order valence-electron chi connectivity index (χ2n) is 10.0. The predicted octanol–water partition coefficient (Wildman–Crippen LogP) is 9.31. The van der Waals surface area contributed by atoms with Crippen LogP contribution in [-0.2, 0) is 14.9 Å². The summed E-state index contributed by atoms with van der Waals surface area (Å²) in [6.45, 7) is 1.80. The Kier molecular flexibility index (Phi) is 6.82. The summed E-state index contributed by atoms with van der Waals surface area (Å²) in [5.74, 6) is -0.750. The summed E-state index contributed by atoms with van der Waals surface area (Å²) in [7, 11) is 0. The number of hydrogen-bond donors (Lipinski definition) is 2. The van der Waals surface area contributed by atoms with E-state index in [2.05, 4.69) is 5.32 Å². The van der Waals surface area contributed by atoms with Crippen molar-refractivity contribution in [1.82, 2.24) is 0 Å². The van der Waals surface area contributed by atoms with Crippen LogP contribution in [0.15, 0.2) is 97.1 Å². The highest BCUT2D eigenvalue weighted by atomic mass is 35.5. The van der Waals surface area contributed by atoms with Crippen LogP contribution in [0.4, 0.5) is 10.5 Å². The van der Waals surface area contributed by atoms with Crippen molar-refractivity contribution in [3.05, 3.63) is 113 Å². The number of ether oxygens (including phenoxy) is 1. The summed E-state index contributed by atoms with van der Waals surface area (Å²) >= 11 is 7.90. The molecule has 40 heavy (non-hydrogen) atoms. The minimum Gasteiger partial charge on any atom is -0.481 e. The van der Waals surface area contributed by atoms with E-state index in [4.69, 9.17) is 16.3 Å². The van der Waals surface area contributed by atoms with Crippen LogP contribution in [0.3, 0.4) is 0 Å². The Labute approximate surface area is 241 Å². The first-order chi connectivity index (χ1) is 19.4. The summed E-state index contributed by atoms with van der Waals surface area (Å²) in [5.41, 5.74) is 4.61. The molecule has 1 amide bonds. The molecule has 1 atom stereocenters. The van der Waals surface area contributed by atoms with Crippen LogP contribution in [0.1, 0.15) is 37.0 Å². The Bertz CT molecular complexity index is 1720. The first-order valence-electron chi connectivity index (χ1n) is 13.0. The Morgan fingerprint density at radius 3 is 2.12 bits per heavy atom. The third kappa shape index (κ3) is 4.85. The molecule has 1 aliphatic carbocycles. The van der Waals surface area contributed by atoms with Crippen molar-refractivity contribution >= 4 is 50.8 Å². The van der Waals surface area contributed by atoms with Gasteiger partial charge < -0.3 is 9.84 Å². The van der Waals surface area contributed by atoms with Crippen LogP contribution in [0, 0.1) is 0 Å². The largest absolute Gasteiger partial charge is 0.481 e. The molecule has 2 N–H and O–H groups in total. The molecule has 0 radical (unpaired) electrons. The normalized spacial score (nSPS) is 14.4. The fraction of sp³-hybridized carbons (Fsp3) is 0.152. The number of carbonyl (C=O) groups excluding carboxylic acids is 1. The smallest absolute Gasteiger partial charge is 0.412 e. The molecule has 1 saturated carbocycles. The lowest BCUT2D eigenvalue weighted by Crippen LogP contribution is -2.19. The number of carboxylic acids is 1. The molecule has 6 rings (SSSR count). The van der Waals surface area contributed by atoms with E-state index >= 15 is 0 Å². The highest BCUT2D eigenvalue weighted by Crippen LogP contribution is 2.49. The molecular weight excluding hydrogens is 542 g/mol. The predicted molar refractivity (Wildman–Crippen MR) is 161 cm³/mol. The molecule has 200 valence electrons. The zero-order valence-corrected chi connectivity index (χ0v) is 23.3. The maximum Gasteiger partial charge on any atom is 0.412 e. The fourth-order valence-corrected chi connectivity index (χ4v) is 6.53. The van der Waals surface area contributed by atoms with Gasteiger partial charge >= 0.3 is 12.1 Å². The van der Waals surface area contributed by atoms with Crippen LogP contribution in [0.2, 0.25) is 5.02 Å². The Balaban J connectivity index is 1.25. The number of fused-ring (bicyclic) bond motifs is 1. The topological polar surface area (TPSA) is 75.6 Å². The number of thiophene rings is 1. The Hall–Kier alpha value is -4.13. The summed E-state index contributed by atoms with van der Waals surface area (Å²) < 4.78 is 6.75. The van der Waals surface area contributed by atoms with Crippen molar-refractivity contribution in [1.29, 1.82) is 0 Å². The molecule has 1 aliphatic rings. The van der Waals surface area contributed by atoms with Crippen molar-refractivity contribution in [2.45, 2.75) is 31.3 Å². The number of anilines is 1. The quantitative estimate of drug-likeness (QED) is 0.205. The minimum absolute atomic E-state index is 0.516. The van der Waals surface area contributed by atoms with E-state index in [9.17, 15) is 14.7 Å². The fourth-order valence-electron chi connectivity index (χ4n) is 5.08. The van der Waals surface area contributed by atoms with Gasteiger partial charge in [-0.2, -0.15) is 0 Å². The highest BCUT2D eigenvalue weighted by molar-refractivity contribution is 7.23. The van der Waals surface area contributed by atoms with E-state index in [0.29, 0.717) is 23.6 Å². The molecule has 0 spiro atoms. The lowest BCUT2D eigenvalue weighted by atomic mass is 9.93. The molecule has 5 aromatic rings. The lowest BCUT2D eigenvalue weighted by Gasteiger charge is -2.16. The first kappa shape index (κ1) is 26.1. The van der Waals surface area contributed by atoms with Crippen molar-refractivity contribution in [3.8, 4) is 21.6 Å². The van der Waals surface area contributed by atoms with Crippen LogP contribution in [0.25, 0.3) is 31.7 Å². The maximum atomic E-state index is 13.0. The number of rotatable bonds is 7. The van der Waals surface area contributed by atoms with Gasteiger partial charge in [0.25, 0.3) is 0 Å². The molecular formula is C33H26ClNO4S. The van der Waals surface area contributed by atoms with Gasteiger partial charge in [0.15, 0.2) is 0 Å². The van der Waals surface area contributed by atoms with Crippen molar-refractivity contribution in [3.63, 3.8) is 0 Å². The van der Waals surface area contributed by atoms with Gasteiger partial charge in [-0.15, -0.1) is 11.3 Å². The second kappa shape index (κ2) is 10.5. The molecule has 7 heteroatoms. The van der Waals surface area contributed by atoms with Crippen LogP contribution >= 0.6 is 22.9 Å². The molecule has 1 heterocycles. The van der Waals surface area contributed by atoms with Gasteiger partial charge in [-0.3, -0.25) is 10.1 Å². The van der Waals surface area contributed by atoms with Crippen molar-refractivity contribution in [2.24, 2.45) is 0 Å². The monoisotopic (exact) mass is 567 g/mol. The van der Waals surface area contributed by atoms with Gasteiger partial charge in [0.05, 0.1) is 16.0 Å². The van der Waals surface area contributed by atoms with Gasteiger partial charge in [0.1, 0.15) is 6.10 Å². The molecule has 0 unspecified atom stereocenters. The third-order valence-electron chi connectivity index (χ3n) is 7.53. The van der Waals surface area contributed by atoms with Gasteiger partial charge in [0, 0.05) is 20.7 Å². The Morgan fingerprint density at radius 2 is 1.48 bits per heavy atom. The van der Waals surface area contributed by atoms with E-state index in [1.807, 2.05) is 91.0 Å². The van der Waals surface area contributed by atoms with Crippen LogP contribution < -0.4 is 5.32 Å². The highest BCUT2D eigenvalue weighted by Gasteiger charge is 2.51. The van der Waals surface area contributed by atoms with Gasteiger partial charge in [-0.05, 0) is 54.2 Å². The average Bonchev–Trinajstić information content (AvgIpc) is 3.71. The summed E-state index contributed by atoms with van der Waals surface area (Å²) in [4.78, 5) is 25.6. The first-order valence-corrected chi connectivity index (χ1v) is 14.2. The average molecular weight is 568 g/mol. The molecule has 4 aromatic carbocycles. The Morgan fingerprint density at radius 1 is 0.875 bits per heavy atom. The van der Waals surface area contributed by atoms with E-state index in [1.165, 1.54) is 0 Å². The van der Waals surface area contributed by atoms with E-state index in [0.717, 1.165) is 42.8 Å². The number of halogens is 1. The van der Waals surface area contributed by atoms with Crippen molar-refractivity contribution in [2.75, 3.05) is 5.32 Å². The van der Waals surface area contributed by atoms with Gasteiger partial charge in [-0.25, -0.2) is 4.79 Å². The SMILES string of the molecule is C[C@@H](OC(=O)Nc1c(-c2ccc(-c3ccc(C4(C(=O)O)CC4)cc3)cc2)sc2ccccc12)c1ccccc1Cl. The van der Waals surface area contributed by atoms with E-state index < -0.39 is 23.6 Å². The standard InChI is InChI=1S/C33H26ClNO4S/c1-20(25-6-2-4-8-27(25)34)39-32(38)35-29-26-7-3-5-9-28(26)40-30(29)23-12-10-21(11-13-23)22-14-16-24(17-15-22)33(18-19-33)31(36)37/h2-17,20H,18-19H2,1H3,(H,35,38)(H,36,37)/t20-/m1/s1. The number of carbonyl (C=O) groups is 2. The number of benzene rings is 4. The summed E-state index contributed by atoms with van der Waals surface area (Å²) in [6.07, 6.45) is 0.310. The second-order valence-corrected chi connectivity index (χ2v) is 11.5. The van der Waals surface area contributed by atoms with Gasteiger partial charge in [0.2, 0.25) is 0 Å². The zero-order chi connectivity index (χ0) is 27.9. The number of hydrogen-bond acceptors (Lipinski definition) is 4. The van der Waals surface area contributed by atoms with Crippen LogP contribution in [-0.4, -0.2) is 17.2 Å². The third-order valence-corrected chi connectivity index (χ3v) is 9.09. The van der Waals surface area contributed by atoms with Crippen molar-refractivity contribution < 1.29 is 19.4 Å². The molecule has 0 saturated heterocycles. The maximum absolute atomic E-state index is 13.0. The van der Waals surface area contributed by atoms with E-state index in [1.54, 1.807) is 24.3 Å². The van der Waals surface area contributed by atoms with E-state index in [-0.39, 0.29) is 0 Å². The van der Waals surface area contributed by atoms with Gasteiger partial charge in [-0.1, -0.05) is 96.5 Å². The number of nitrogens with one attached hydrogen (secondary N) is 1. The summed E-state index contributed by atoms with van der Waals surface area (Å²) in [5, 5.41) is 14.1. The molecule has 5 nitrogen and oxygen atoms in total. The molecule has 0 bridgehead atoms.